The fourth-order valence-electron chi connectivity index (χ4n) is 2.10. The van der Waals surface area contributed by atoms with E-state index in [1.807, 2.05) is 0 Å². The number of rotatable bonds is 1. The molecule has 1 fully saturated rings. The summed E-state index contributed by atoms with van der Waals surface area (Å²) in [5, 5.41) is 3.11. The Bertz CT molecular complexity index is 394. The van der Waals surface area contributed by atoms with Crippen LogP contribution in [0.1, 0.15) is 36.4 Å². The van der Waals surface area contributed by atoms with Crippen LogP contribution in [0.25, 0.3) is 0 Å². The van der Waals surface area contributed by atoms with Crippen molar-refractivity contribution in [1.82, 2.24) is 5.32 Å². The first-order valence-corrected chi connectivity index (χ1v) is 5.58. The van der Waals surface area contributed by atoms with E-state index >= 15 is 0 Å². The largest absolute Gasteiger partial charge is 0.416 e. The second-order valence-electron chi connectivity index (χ2n) is 4.24. The van der Waals surface area contributed by atoms with Gasteiger partial charge in [0.15, 0.2) is 0 Å². The highest BCUT2D eigenvalue weighted by atomic mass is 19.4. The smallest absolute Gasteiger partial charge is 0.310 e. The van der Waals surface area contributed by atoms with E-state index in [2.05, 4.69) is 5.32 Å². The number of halogens is 4. The first-order valence-electron chi connectivity index (χ1n) is 5.58. The van der Waals surface area contributed by atoms with Crippen molar-refractivity contribution in [3.63, 3.8) is 0 Å². The average Bonchev–Trinajstić information content (AvgIpc) is 2.29. The van der Waals surface area contributed by atoms with Crippen LogP contribution in [-0.4, -0.2) is 6.54 Å². The minimum Gasteiger partial charge on any atom is -0.310 e. The van der Waals surface area contributed by atoms with Crippen LogP contribution in [-0.2, 0) is 6.18 Å². The first kappa shape index (κ1) is 12.4. The van der Waals surface area contributed by atoms with Gasteiger partial charge in [-0.2, -0.15) is 13.2 Å². The Morgan fingerprint density at radius 1 is 1.18 bits per heavy atom. The highest BCUT2D eigenvalue weighted by Gasteiger charge is 2.31. The van der Waals surface area contributed by atoms with Gasteiger partial charge >= 0.3 is 6.18 Å². The third kappa shape index (κ3) is 2.77. The van der Waals surface area contributed by atoms with E-state index in [0.29, 0.717) is 11.6 Å². The lowest BCUT2D eigenvalue weighted by Gasteiger charge is -2.24. The molecule has 1 heterocycles. The van der Waals surface area contributed by atoms with Crippen molar-refractivity contribution in [2.45, 2.75) is 31.5 Å². The van der Waals surface area contributed by atoms with Crippen molar-refractivity contribution in [3.05, 3.63) is 35.1 Å². The molecular weight excluding hydrogens is 234 g/mol. The molecule has 0 spiro atoms. The van der Waals surface area contributed by atoms with E-state index in [1.165, 1.54) is 6.07 Å². The topological polar surface area (TPSA) is 12.0 Å². The quantitative estimate of drug-likeness (QED) is 0.747. The summed E-state index contributed by atoms with van der Waals surface area (Å²) in [7, 11) is 0. The Labute approximate surface area is 96.8 Å². The van der Waals surface area contributed by atoms with Gasteiger partial charge < -0.3 is 5.32 Å². The van der Waals surface area contributed by atoms with Crippen molar-refractivity contribution in [2.75, 3.05) is 6.54 Å². The Morgan fingerprint density at radius 3 is 2.47 bits per heavy atom. The Kier molecular flexibility index (Phi) is 3.38. The summed E-state index contributed by atoms with van der Waals surface area (Å²) in [6.07, 6.45) is -1.72. The molecule has 0 saturated carbocycles. The number of benzene rings is 1. The summed E-state index contributed by atoms with van der Waals surface area (Å²) in [6, 6.07) is 2.59. The molecule has 0 aromatic heterocycles. The first-order chi connectivity index (χ1) is 7.98. The monoisotopic (exact) mass is 247 g/mol. The van der Waals surface area contributed by atoms with E-state index in [0.717, 1.165) is 31.9 Å². The molecule has 2 rings (SSSR count). The van der Waals surface area contributed by atoms with Crippen molar-refractivity contribution in [2.24, 2.45) is 0 Å². The zero-order valence-corrected chi connectivity index (χ0v) is 9.15. The molecule has 5 heteroatoms. The standard InChI is InChI=1S/C12H13F4N/c13-10-7-8(12(14,15)16)4-5-9(10)11-3-1-2-6-17-11/h4-5,7,11,17H,1-3,6H2. The van der Waals surface area contributed by atoms with Crippen LogP contribution in [0.3, 0.4) is 0 Å². The van der Waals surface area contributed by atoms with E-state index in [9.17, 15) is 17.6 Å². The van der Waals surface area contributed by atoms with Crippen LogP contribution in [0.4, 0.5) is 17.6 Å². The number of nitrogens with one attached hydrogen (secondary N) is 1. The molecule has 1 aromatic carbocycles. The molecule has 17 heavy (non-hydrogen) atoms. The molecule has 1 atom stereocenters. The Morgan fingerprint density at radius 2 is 1.94 bits per heavy atom. The van der Waals surface area contributed by atoms with Crippen LogP contribution in [0.5, 0.6) is 0 Å². The molecule has 1 unspecified atom stereocenters. The van der Waals surface area contributed by atoms with Crippen molar-refractivity contribution < 1.29 is 17.6 Å². The van der Waals surface area contributed by atoms with Crippen LogP contribution >= 0.6 is 0 Å². The fourth-order valence-corrected chi connectivity index (χ4v) is 2.10. The van der Waals surface area contributed by atoms with Crippen LogP contribution in [0.15, 0.2) is 18.2 Å². The van der Waals surface area contributed by atoms with Crippen LogP contribution in [0, 0.1) is 5.82 Å². The van der Waals surface area contributed by atoms with Gasteiger partial charge in [0.25, 0.3) is 0 Å². The van der Waals surface area contributed by atoms with E-state index in [4.69, 9.17) is 0 Å². The Hall–Kier alpha value is -1.10. The maximum Gasteiger partial charge on any atom is 0.416 e. The lowest BCUT2D eigenvalue weighted by molar-refractivity contribution is -0.137. The molecule has 1 saturated heterocycles. The number of alkyl halides is 3. The molecule has 94 valence electrons. The van der Waals surface area contributed by atoms with Crippen molar-refractivity contribution in [1.29, 1.82) is 0 Å². The minimum atomic E-state index is -4.49. The number of hydrogen-bond acceptors (Lipinski definition) is 1. The SMILES string of the molecule is Fc1cc(C(F)(F)F)ccc1C1CCCCN1. The zero-order valence-electron chi connectivity index (χ0n) is 9.15. The number of piperidine rings is 1. The third-order valence-electron chi connectivity index (χ3n) is 3.01. The molecule has 0 aliphatic carbocycles. The highest BCUT2D eigenvalue weighted by Crippen LogP contribution is 2.32. The second-order valence-corrected chi connectivity index (χ2v) is 4.24. The van der Waals surface area contributed by atoms with Gasteiger partial charge in [-0.05, 0) is 31.5 Å². The van der Waals surface area contributed by atoms with E-state index in [-0.39, 0.29) is 6.04 Å². The normalized spacial score (nSPS) is 21.5. The third-order valence-corrected chi connectivity index (χ3v) is 3.01. The Balaban J connectivity index is 2.25. The summed E-state index contributed by atoms with van der Waals surface area (Å²) in [6.45, 7) is 0.783. The van der Waals surface area contributed by atoms with Gasteiger partial charge in [-0.3, -0.25) is 0 Å². The van der Waals surface area contributed by atoms with E-state index < -0.39 is 17.6 Å². The highest BCUT2D eigenvalue weighted by molar-refractivity contribution is 5.28. The lowest BCUT2D eigenvalue weighted by atomic mass is 9.96. The maximum atomic E-state index is 13.6. The van der Waals surface area contributed by atoms with E-state index in [1.54, 1.807) is 0 Å². The van der Waals surface area contributed by atoms with Gasteiger partial charge in [0.05, 0.1) is 5.56 Å². The van der Waals surface area contributed by atoms with Crippen LogP contribution < -0.4 is 5.32 Å². The van der Waals surface area contributed by atoms with Gasteiger partial charge in [-0.1, -0.05) is 12.5 Å². The fraction of sp³-hybridized carbons (Fsp3) is 0.500. The molecule has 1 aliphatic heterocycles. The van der Waals surface area contributed by atoms with Gasteiger partial charge in [-0.25, -0.2) is 4.39 Å². The van der Waals surface area contributed by atoms with Crippen molar-refractivity contribution >= 4 is 0 Å². The molecular formula is C12H13F4N. The number of hydrogen-bond donors (Lipinski definition) is 1. The summed E-state index contributed by atoms with van der Waals surface area (Å²) >= 11 is 0. The van der Waals surface area contributed by atoms with Gasteiger partial charge in [0.1, 0.15) is 5.82 Å². The molecule has 1 aromatic rings. The predicted octanol–water partition coefficient (Wildman–Crippen LogP) is 3.66. The van der Waals surface area contributed by atoms with Crippen LogP contribution in [0.2, 0.25) is 0 Å². The van der Waals surface area contributed by atoms with Gasteiger partial charge in [-0.15, -0.1) is 0 Å². The van der Waals surface area contributed by atoms with Gasteiger partial charge in [0.2, 0.25) is 0 Å². The summed E-state index contributed by atoms with van der Waals surface area (Å²) < 4.78 is 50.7. The predicted molar refractivity (Wildman–Crippen MR) is 56.0 cm³/mol. The molecule has 0 bridgehead atoms. The zero-order chi connectivity index (χ0) is 12.5. The molecule has 0 radical (unpaired) electrons. The van der Waals surface area contributed by atoms with Crippen molar-refractivity contribution in [3.8, 4) is 0 Å². The summed E-state index contributed by atoms with van der Waals surface area (Å²) in [4.78, 5) is 0. The molecule has 1 N–H and O–H groups in total. The minimum absolute atomic E-state index is 0.161. The second kappa shape index (κ2) is 4.64. The lowest BCUT2D eigenvalue weighted by Crippen LogP contribution is -2.27. The summed E-state index contributed by atoms with van der Waals surface area (Å²) in [5.41, 5.74) is -0.604. The molecule has 1 nitrogen and oxygen atoms in total. The summed E-state index contributed by atoms with van der Waals surface area (Å²) in [5.74, 6) is -0.778. The maximum absolute atomic E-state index is 13.6. The molecule has 1 aliphatic rings. The molecule has 0 amide bonds. The van der Waals surface area contributed by atoms with Gasteiger partial charge in [0, 0.05) is 11.6 Å². The average molecular weight is 247 g/mol.